The normalized spacial score (nSPS) is 11.6. The van der Waals surface area contributed by atoms with Crippen LogP contribution >= 0.6 is 0 Å². The molecule has 11 nitrogen and oxygen atoms in total. The molecule has 41 heavy (non-hydrogen) atoms. The van der Waals surface area contributed by atoms with Crippen LogP contribution in [0.3, 0.4) is 0 Å². The molecular weight excluding hydrogens is 548 g/mol. The Bertz CT molecular complexity index is 1530. The molecule has 3 aromatic carbocycles. The number of hydrogen-bond donors (Lipinski definition) is 6. The van der Waals surface area contributed by atoms with Crippen LogP contribution in [0.25, 0.3) is 11.1 Å². The third-order valence-electron chi connectivity index (χ3n) is 5.63. The van der Waals surface area contributed by atoms with Gasteiger partial charge in [-0.15, -0.1) is 0 Å². The molecule has 0 spiro atoms. The summed E-state index contributed by atoms with van der Waals surface area (Å²) in [5, 5.41) is 23.1. The first-order chi connectivity index (χ1) is 19.1. The van der Waals surface area contributed by atoms with E-state index in [0.29, 0.717) is 34.6 Å². The molecule has 0 aromatic heterocycles. The summed E-state index contributed by atoms with van der Waals surface area (Å²) in [4.78, 5) is 38.0. The summed E-state index contributed by atoms with van der Waals surface area (Å²) >= 11 is 0. The number of amides is 2. The van der Waals surface area contributed by atoms with Gasteiger partial charge in [-0.05, 0) is 72.9 Å². The summed E-state index contributed by atoms with van der Waals surface area (Å²) in [7, 11) is -3.67. The van der Waals surface area contributed by atoms with Crippen molar-refractivity contribution in [2.24, 2.45) is 11.7 Å². The summed E-state index contributed by atoms with van der Waals surface area (Å²) in [6, 6.07) is 17.6. The second kappa shape index (κ2) is 14.2. The lowest BCUT2D eigenvalue weighted by Crippen LogP contribution is -2.33. The SMILES string of the molecule is CC(C)CC(C)NC(=O)c1ccc(-c2ccccc2C(=O)Nc2ccc(C(=N)N)cc2)c(C(=O)O)c1.CS(=O)(=O)O. The maximum Gasteiger partial charge on any atom is 0.336 e. The van der Waals surface area contributed by atoms with Crippen LogP contribution in [0.4, 0.5) is 5.69 Å². The van der Waals surface area contributed by atoms with Gasteiger partial charge in [0.2, 0.25) is 0 Å². The number of carboxylic acid groups (broad SMARTS) is 1. The predicted octanol–water partition coefficient (Wildman–Crippen LogP) is 4.26. The van der Waals surface area contributed by atoms with Gasteiger partial charge in [-0.25, -0.2) is 4.79 Å². The second-order valence-electron chi connectivity index (χ2n) is 9.79. The van der Waals surface area contributed by atoms with Crippen molar-refractivity contribution in [1.29, 1.82) is 5.41 Å². The largest absolute Gasteiger partial charge is 0.478 e. The Labute approximate surface area is 239 Å². The number of nitrogen functional groups attached to an aromatic ring is 1. The van der Waals surface area contributed by atoms with Gasteiger partial charge < -0.3 is 21.5 Å². The number of anilines is 1. The van der Waals surface area contributed by atoms with Crippen LogP contribution in [0.15, 0.2) is 66.7 Å². The highest BCUT2D eigenvalue weighted by molar-refractivity contribution is 7.85. The van der Waals surface area contributed by atoms with Crippen molar-refractivity contribution in [2.75, 3.05) is 11.6 Å². The molecule has 0 saturated carbocycles. The molecule has 7 N–H and O–H groups in total. The minimum absolute atomic E-state index is 0.0561. The maximum atomic E-state index is 13.1. The predicted molar refractivity (Wildman–Crippen MR) is 158 cm³/mol. The highest BCUT2D eigenvalue weighted by Gasteiger charge is 2.21. The zero-order valence-corrected chi connectivity index (χ0v) is 24.0. The molecule has 218 valence electrons. The van der Waals surface area contributed by atoms with Gasteiger partial charge in [-0.3, -0.25) is 19.6 Å². The minimum Gasteiger partial charge on any atom is -0.478 e. The number of aromatic carboxylic acids is 1. The van der Waals surface area contributed by atoms with Gasteiger partial charge in [-0.2, -0.15) is 8.42 Å². The average molecular weight is 583 g/mol. The summed E-state index contributed by atoms with van der Waals surface area (Å²) in [6.45, 7) is 6.04. The lowest BCUT2D eigenvalue weighted by Gasteiger charge is -2.17. The van der Waals surface area contributed by atoms with Crippen molar-refractivity contribution in [3.05, 3.63) is 89.0 Å². The van der Waals surface area contributed by atoms with Gasteiger partial charge >= 0.3 is 5.97 Å². The number of nitrogens with one attached hydrogen (secondary N) is 3. The quantitative estimate of drug-likeness (QED) is 0.122. The maximum absolute atomic E-state index is 13.1. The number of carbonyl (C=O) groups excluding carboxylic acids is 2. The summed E-state index contributed by atoms with van der Waals surface area (Å²) in [6.07, 6.45) is 1.52. The number of carboxylic acids is 1. The van der Waals surface area contributed by atoms with E-state index in [-0.39, 0.29) is 34.5 Å². The lowest BCUT2D eigenvalue weighted by atomic mass is 9.93. The fourth-order valence-corrected chi connectivity index (χ4v) is 4.02. The first-order valence-corrected chi connectivity index (χ1v) is 14.4. The van der Waals surface area contributed by atoms with Gasteiger partial charge in [0.05, 0.1) is 11.8 Å². The highest BCUT2D eigenvalue weighted by atomic mass is 32.2. The molecule has 0 bridgehead atoms. The van der Waals surface area contributed by atoms with E-state index in [4.69, 9.17) is 15.7 Å². The van der Waals surface area contributed by atoms with Crippen LogP contribution in [0.1, 0.15) is 63.8 Å². The van der Waals surface area contributed by atoms with Gasteiger partial charge in [-0.1, -0.05) is 38.1 Å². The van der Waals surface area contributed by atoms with Gasteiger partial charge in [0.15, 0.2) is 0 Å². The molecule has 0 aliphatic rings. The van der Waals surface area contributed by atoms with Crippen LogP contribution < -0.4 is 16.4 Å². The first-order valence-electron chi connectivity index (χ1n) is 12.5. The van der Waals surface area contributed by atoms with Crippen molar-refractivity contribution in [3.63, 3.8) is 0 Å². The van der Waals surface area contributed by atoms with E-state index in [1.54, 1.807) is 60.7 Å². The fraction of sp³-hybridized carbons (Fsp3) is 0.241. The van der Waals surface area contributed by atoms with Crippen molar-refractivity contribution >= 4 is 39.4 Å². The van der Waals surface area contributed by atoms with Crippen molar-refractivity contribution in [3.8, 4) is 11.1 Å². The van der Waals surface area contributed by atoms with E-state index < -0.39 is 22.0 Å². The van der Waals surface area contributed by atoms with Crippen LogP contribution in [-0.2, 0) is 10.1 Å². The molecule has 0 aliphatic heterocycles. The Balaban J connectivity index is 0.00000108. The van der Waals surface area contributed by atoms with E-state index >= 15 is 0 Å². The van der Waals surface area contributed by atoms with Crippen LogP contribution in [0.2, 0.25) is 0 Å². The van der Waals surface area contributed by atoms with Crippen LogP contribution in [-0.4, -0.2) is 54.0 Å². The summed E-state index contributed by atoms with van der Waals surface area (Å²) in [5.74, 6) is -1.65. The van der Waals surface area contributed by atoms with Crippen LogP contribution in [0, 0.1) is 11.3 Å². The minimum atomic E-state index is -3.67. The van der Waals surface area contributed by atoms with E-state index in [9.17, 15) is 27.9 Å². The Morgan fingerprint density at radius 2 is 1.41 bits per heavy atom. The van der Waals surface area contributed by atoms with E-state index in [2.05, 4.69) is 24.5 Å². The third-order valence-corrected chi connectivity index (χ3v) is 5.63. The molecule has 3 aromatic rings. The fourth-order valence-electron chi connectivity index (χ4n) is 4.02. The molecule has 3 rings (SSSR count). The highest BCUT2D eigenvalue weighted by Crippen LogP contribution is 2.29. The van der Waals surface area contributed by atoms with Crippen molar-refractivity contribution in [2.45, 2.75) is 33.2 Å². The topological polar surface area (TPSA) is 200 Å². The standard InChI is InChI=1S/C28H30N4O4.CH4O3S/c1-16(2)14-17(3)31-26(33)19-10-13-22(24(15-19)28(35)36)21-6-4-5-7-23(21)27(34)32-20-11-8-18(9-12-20)25(29)30;1-5(2,3)4/h4-13,15-17H,14H2,1-3H3,(H3,29,30)(H,31,33)(H,32,34)(H,35,36);1H3,(H,2,3,4). The number of carbonyl (C=O) groups is 3. The zero-order chi connectivity index (χ0) is 30.9. The number of rotatable bonds is 9. The Kier molecular flexibility index (Phi) is 11.3. The molecule has 2 amide bonds. The Morgan fingerprint density at radius 1 is 0.878 bits per heavy atom. The Morgan fingerprint density at radius 3 is 1.95 bits per heavy atom. The first kappa shape index (κ1) is 32.7. The molecule has 1 atom stereocenters. The average Bonchev–Trinajstić information content (AvgIpc) is 2.87. The summed E-state index contributed by atoms with van der Waals surface area (Å²) < 4.78 is 25.9. The van der Waals surface area contributed by atoms with E-state index in [1.165, 1.54) is 6.07 Å². The molecule has 0 saturated heterocycles. The van der Waals surface area contributed by atoms with Crippen LogP contribution in [0.5, 0.6) is 0 Å². The third kappa shape index (κ3) is 10.5. The van der Waals surface area contributed by atoms with E-state index in [1.807, 2.05) is 6.92 Å². The van der Waals surface area contributed by atoms with Crippen molar-refractivity contribution in [1.82, 2.24) is 5.32 Å². The number of nitrogens with two attached hydrogens (primary N) is 1. The van der Waals surface area contributed by atoms with Gasteiger partial charge in [0.1, 0.15) is 5.84 Å². The van der Waals surface area contributed by atoms with Crippen molar-refractivity contribution < 1.29 is 32.5 Å². The van der Waals surface area contributed by atoms with Gasteiger partial charge in [0, 0.05) is 28.4 Å². The van der Waals surface area contributed by atoms with Gasteiger partial charge in [0.25, 0.3) is 21.9 Å². The number of hydrogen-bond acceptors (Lipinski definition) is 6. The number of benzene rings is 3. The zero-order valence-electron chi connectivity index (χ0n) is 23.1. The molecule has 0 aliphatic carbocycles. The molecule has 0 radical (unpaired) electrons. The molecule has 0 heterocycles. The second-order valence-corrected chi connectivity index (χ2v) is 11.3. The molecule has 12 heteroatoms. The summed E-state index contributed by atoms with van der Waals surface area (Å²) in [5.41, 5.74) is 7.69. The lowest BCUT2D eigenvalue weighted by molar-refractivity contribution is 0.0697. The van der Waals surface area contributed by atoms with E-state index in [0.717, 1.165) is 6.42 Å². The Hall–Kier alpha value is -4.55. The molecule has 1 unspecified atom stereocenters. The molecule has 0 fully saturated rings. The molecular formula is C29H34N4O7S. The smallest absolute Gasteiger partial charge is 0.336 e. The number of amidine groups is 1. The monoisotopic (exact) mass is 582 g/mol.